The third kappa shape index (κ3) is 6.49. The van der Waals surface area contributed by atoms with Gasteiger partial charge in [-0.15, -0.1) is 0 Å². The third-order valence-electron chi connectivity index (χ3n) is 3.03. The molecule has 2 N–H and O–H groups in total. The second-order valence-corrected chi connectivity index (χ2v) is 4.84. The van der Waals surface area contributed by atoms with Crippen LogP contribution in [0.4, 0.5) is 0 Å². The molecule has 0 spiro atoms. The molecule has 0 saturated heterocycles. The number of hydrogen-bond acceptors (Lipinski definition) is 5. The largest absolute Gasteiger partial charge is 0.480 e. The highest BCUT2D eigenvalue weighted by Crippen LogP contribution is 2.01. The van der Waals surface area contributed by atoms with Crippen LogP contribution in [0.3, 0.4) is 0 Å². The number of carbonyl (C=O) groups excluding carboxylic acids is 2. The van der Waals surface area contributed by atoms with Gasteiger partial charge in [-0.3, -0.25) is 19.7 Å². The molecule has 0 unspecified atom stereocenters. The topological polar surface area (TPSA) is 92.7 Å². The van der Waals surface area contributed by atoms with Crippen molar-refractivity contribution in [3.05, 3.63) is 35.9 Å². The molecule has 0 aliphatic carbocycles. The van der Waals surface area contributed by atoms with E-state index >= 15 is 0 Å². The van der Waals surface area contributed by atoms with E-state index in [2.05, 4.69) is 5.32 Å². The predicted octanol–water partition coefficient (Wildman–Crippen LogP) is 1.65. The van der Waals surface area contributed by atoms with E-state index in [4.69, 9.17) is 9.84 Å². The monoisotopic (exact) mass is 307 g/mol. The molecule has 6 nitrogen and oxygen atoms in total. The molecular formula is C16H21NO5. The lowest BCUT2D eigenvalue weighted by Crippen LogP contribution is -2.41. The minimum atomic E-state index is -1.19. The van der Waals surface area contributed by atoms with Gasteiger partial charge in [0, 0.05) is 5.56 Å². The van der Waals surface area contributed by atoms with Gasteiger partial charge in [0.05, 0.1) is 19.6 Å². The number of rotatable bonds is 10. The summed E-state index contributed by atoms with van der Waals surface area (Å²) >= 11 is 0. The van der Waals surface area contributed by atoms with Gasteiger partial charge in [-0.25, -0.2) is 0 Å². The van der Waals surface area contributed by atoms with Gasteiger partial charge >= 0.3 is 11.9 Å². The Morgan fingerprint density at radius 2 is 1.91 bits per heavy atom. The molecular weight excluding hydrogens is 286 g/mol. The Bertz CT molecular complexity index is 501. The zero-order valence-electron chi connectivity index (χ0n) is 12.6. The number of ether oxygens (including phenoxy) is 1. The molecule has 0 aliphatic rings. The quantitative estimate of drug-likeness (QED) is 0.388. The van der Waals surface area contributed by atoms with Crippen molar-refractivity contribution in [3.8, 4) is 0 Å². The summed E-state index contributed by atoms with van der Waals surface area (Å²) in [5, 5.41) is 11.7. The SMILES string of the molecule is CCCCOC(=O)C[C@@H](NCC(=O)c1ccccc1)C(=O)O. The van der Waals surface area contributed by atoms with Crippen molar-refractivity contribution < 1.29 is 24.2 Å². The summed E-state index contributed by atoms with van der Waals surface area (Å²) in [5.74, 6) is -2.00. The molecule has 1 rings (SSSR count). The van der Waals surface area contributed by atoms with Crippen LogP contribution in [0.15, 0.2) is 30.3 Å². The molecule has 22 heavy (non-hydrogen) atoms. The number of carboxylic acids is 1. The molecule has 0 aliphatic heterocycles. The fourth-order valence-corrected chi connectivity index (χ4v) is 1.74. The molecule has 1 aromatic rings. The van der Waals surface area contributed by atoms with E-state index in [9.17, 15) is 14.4 Å². The number of ketones is 1. The van der Waals surface area contributed by atoms with Gasteiger partial charge in [0.1, 0.15) is 6.04 Å². The van der Waals surface area contributed by atoms with E-state index in [0.717, 1.165) is 12.8 Å². The van der Waals surface area contributed by atoms with Crippen molar-refractivity contribution in [2.24, 2.45) is 0 Å². The number of carboxylic acid groups (broad SMARTS) is 1. The molecule has 0 fully saturated rings. The van der Waals surface area contributed by atoms with Crippen molar-refractivity contribution in [1.82, 2.24) is 5.32 Å². The van der Waals surface area contributed by atoms with Gasteiger partial charge in [0.15, 0.2) is 5.78 Å². The van der Waals surface area contributed by atoms with Crippen LogP contribution in [0.1, 0.15) is 36.5 Å². The predicted molar refractivity (Wildman–Crippen MR) is 80.7 cm³/mol. The summed E-state index contributed by atoms with van der Waals surface area (Å²) in [6, 6.07) is 7.41. The van der Waals surface area contributed by atoms with Crippen molar-refractivity contribution in [1.29, 1.82) is 0 Å². The van der Waals surface area contributed by atoms with E-state index in [0.29, 0.717) is 5.56 Å². The average Bonchev–Trinajstić information content (AvgIpc) is 2.52. The number of aliphatic carboxylic acids is 1. The number of Topliss-reactive ketones (excluding diaryl/α,β-unsaturated/α-hetero) is 1. The van der Waals surface area contributed by atoms with Crippen LogP contribution in [0.5, 0.6) is 0 Å². The molecule has 0 heterocycles. The Morgan fingerprint density at radius 3 is 2.50 bits per heavy atom. The normalized spacial score (nSPS) is 11.7. The maximum atomic E-state index is 11.9. The van der Waals surface area contributed by atoms with Crippen LogP contribution in [0.25, 0.3) is 0 Å². The van der Waals surface area contributed by atoms with Crippen LogP contribution in [-0.2, 0) is 14.3 Å². The van der Waals surface area contributed by atoms with E-state index in [1.165, 1.54) is 0 Å². The third-order valence-corrected chi connectivity index (χ3v) is 3.03. The number of esters is 1. The molecule has 0 amide bonds. The molecule has 0 bridgehead atoms. The van der Waals surface area contributed by atoms with E-state index < -0.39 is 18.0 Å². The number of benzene rings is 1. The molecule has 0 saturated carbocycles. The summed E-state index contributed by atoms with van der Waals surface area (Å²) in [6.45, 7) is 2.10. The standard InChI is InChI=1S/C16H21NO5/c1-2-3-9-22-15(19)10-13(16(20)21)17-11-14(18)12-7-5-4-6-8-12/h4-8,13,17H,2-3,9-11H2,1H3,(H,20,21)/t13-/m1/s1. The zero-order chi connectivity index (χ0) is 16.4. The molecule has 0 radical (unpaired) electrons. The Morgan fingerprint density at radius 1 is 1.23 bits per heavy atom. The number of hydrogen-bond donors (Lipinski definition) is 2. The van der Waals surface area contributed by atoms with Gasteiger partial charge < -0.3 is 9.84 Å². The summed E-state index contributed by atoms with van der Waals surface area (Å²) in [5.41, 5.74) is 0.490. The highest BCUT2D eigenvalue weighted by atomic mass is 16.5. The van der Waals surface area contributed by atoms with Gasteiger partial charge in [-0.2, -0.15) is 0 Å². The van der Waals surface area contributed by atoms with E-state index in [1.807, 2.05) is 6.92 Å². The van der Waals surface area contributed by atoms with Crippen molar-refractivity contribution in [2.45, 2.75) is 32.2 Å². The Kier molecular flexibility index (Phi) is 7.85. The lowest BCUT2D eigenvalue weighted by atomic mass is 10.1. The second kappa shape index (κ2) is 9.68. The molecule has 120 valence electrons. The zero-order valence-corrected chi connectivity index (χ0v) is 12.6. The number of nitrogens with one attached hydrogen (secondary N) is 1. The molecule has 1 atom stereocenters. The number of carbonyl (C=O) groups is 3. The Hall–Kier alpha value is -2.21. The summed E-state index contributed by atoms with van der Waals surface area (Å²) in [7, 11) is 0. The van der Waals surface area contributed by atoms with Crippen LogP contribution in [0, 0.1) is 0 Å². The average molecular weight is 307 g/mol. The second-order valence-electron chi connectivity index (χ2n) is 4.84. The van der Waals surface area contributed by atoms with E-state index in [-0.39, 0.29) is 25.4 Å². The van der Waals surface area contributed by atoms with Crippen molar-refractivity contribution in [2.75, 3.05) is 13.2 Å². The fraction of sp³-hybridized carbons (Fsp3) is 0.438. The van der Waals surface area contributed by atoms with Crippen LogP contribution < -0.4 is 5.32 Å². The molecule has 1 aromatic carbocycles. The van der Waals surface area contributed by atoms with Gasteiger partial charge in [-0.1, -0.05) is 43.7 Å². The lowest BCUT2D eigenvalue weighted by molar-refractivity contribution is -0.149. The highest BCUT2D eigenvalue weighted by Gasteiger charge is 2.22. The lowest BCUT2D eigenvalue weighted by Gasteiger charge is -2.13. The van der Waals surface area contributed by atoms with Crippen LogP contribution >= 0.6 is 0 Å². The maximum absolute atomic E-state index is 11.9. The minimum Gasteiger partial charge on any atom is -0.480 e. The minimum absolute atomic E-state index is 0.150. The highest BCUT2D eigenvalue weighted by molar-refractivity contribution is 5.97. The summed E-state index contributed by atoms with van der Waals surface area (Å²) < 4.78 is 4.93. The first-order chi connectivity index (χ1) is 10.5. The smallest absolute Gasteiger partial charge is 0.321 e. The van der Waals surface area contributed by atoms with Crippen LogP contribution in [0.2, 0.25) is 0 Å². The van der Waals surface area contributed by atoms with Crippen LogP contribution in [-0.4, -0.2) is 42.0 Å². The Labute approximate surface area is 129 Å². The maximum Gasteiger partial charge on any atom is 0.321 e. The first-order valence-corrected chi connectivity index (χ1v) is 7.24. The summed E-state index contributed by atoms with van der Waals surface area (Å²) in [4.78, 5) is 34.6. The number of unbranched alkanes of at least 4 members (excludes halogenated alkanes) is 1. The first kappa shape index (κ1) is 17.8. The summed E-state index contributed by atoms with van der Waals surface area (Å²) in [6.07, 6.45) is 1.32. The first-order valence-electron chi connectivity index (χ1n) is 7.24. The van der Waals surface area contributed by atoms with Gasteiger partial charge in [-0.05, 0) is 6.42 Å². The molecule has 0 aromatic heterocycles. The van der Waals surface area contributed by atoms with Crippen molar-refractivity contribution >= 4 is 17.7 Å². The molecule has 6 heteroatoms. The van der Waals surface area contributed by atoms with E-state index in [1.54, 1.807) is 30.3 Å². The van der Waals surface area contributed by atoms with Crippen molar-refractivity contribution in [3.63, 3.8) is 0 Å². The Balaban J connectivity index is 2.46. The van der Waals surface area contributed by atoms with Gasteiger partial charge in [0.2, 0.25) is 0 Å². The van der Waals surface area contributed by atoms with Gasteiger partial charge in [0.25, 0.3) is 0 Å². The fourth-order valence-electron chi connectivity index (χ4n) is 1.74.